The van der Waals surface area contributed by atoms with Gasteiger partial charge in [0.15, 0.2) is 6.29 Å². The fraction of sp³-hybridized carbons (Fsp3) is 0.364. The largest absolute Gasteiger partial charge is 0.382 e. The summed E-state index contributed by atoms with van der Waals surface area (Å²) in [6.45, 7) is 0. The van der Waals surface area contributed by atoms with Crippen molar-refractivity contribution < 1.29 is 14.3 Å². The second-order valence-corrected chi connectivity index (χ2v) is 3.78. The van der Waals surface area contributed by atoms with E-state index in [0.717, 1.165) is 5.56 Å². The molecule has 0 saturated carbocycles. The van der Waals surface area contributed by atoms with Crippen LogP contribution in [-0.4, -0.2) is 17.0 Å². The minimum Gasteiger partial charge on any atom is -0.382 e. The first kappa shape index (κ1) is 9.34. The van der Waals surface area contributed by atoms with E-state index in [2.05, 4.69) is 0 Å². The highest BCUT2D eigenvalue weighted by molar-refractivity contribution is 5.64. The highest BCUT2D eigenvalue weighted by atomic mass is 19.1. The molecule has 74 valence electrons. The van der Waals surface area contributed by atoms with Crippen molar-refractivity contribution in [3.8, 4) is 0 Å². The third-order valence-corrected chi connectivity index (χ3v) is 2.74. The molecular weight excluding hydrogens is 183 g/mol. The van der Waals surface area contributed by atoms with Crippen LogP contribution in [0.4, 0.5) is 4.39 Å². The van der Waals surface area contributed by atoms with Crippen LogP contribution in [-0.2, 0) is 17.6 Å². The average molecular weight is 194 g/mol. The second kappa shape index (κ2) is 3.17. The second-order valence-electron chi connectivity index (χ2n) is 3.78. The lowest BCUT2D eigenvalue weighted by molar-refractivity contribution is -0.125. The fourth-order valence-corrected chi connectivity index (χ4v) is 1.91. The minimum absolute atomic E-state index is 0.226. The van der Waals surface area contributed by atoms with Gasteiger partial charge in [0.2, 0.25) is 0 Å². The molecule has 2 rings (SSSR count). The van der Waals surface area contributed by atoms with Gasteiger partial charge < -0.3 is 9.90 Å². The van der Waals surface area contributed by atoms with Crippen LogP contribution < -0.4 is 0 Å². The van der Waals surface area contributed by atoms with Gasteiger partial charge in [-0.2, -0.15) is 0 Å². The van der Waals surface area contributed by atoms with E-state index in [9.17, 15) is 14.3 Å². The Kier molecular flexibility index (Phi) is 2.11. The summed E-state index contributed by atoms with van der Waals surface area (Å²) in [5.41, 5.74) is 0.0886. The molecule has 1 aromatic rings. The predicted molar refractivity (Wildman–Crippen MR) is 49.4 cm³/mol. The van der Waals surface area contributed by atoms with E-state index >= 15 is 0 Å². The van der Waals surface area contributed by atoms with Gasteiger partial charge in [-0.15, -0.1) is 0 Å². The zero-order valence-electron chi connectivity index (χ0n) is 7.66. The predicted octanol–water partition coefficient (Wildman–Crippen LogP) is 1.24. The van der Waals surface area contributed by atoms with Gasteiger partial charge in [0, 0.05) is 6.42 Å². The smallest absolute Gasteiger partial charge is 0.151 e. The Morgan fingerprint density at radius 1 is 1.50 bits per heavy atom. The highest BCUT2D eigenvalue weighted by Gasteiger charge is 2.32. The fourth-order valence-electron chi connectivity index (χ4n) is 1.91. The van der Waals surface area contributed by atoms with E-state index in [1.54, 1.807) is 12.1 Å². The molecule has 1 aromatic carbocycles. The van der Waals surface area contributed by atoms with Crippen LogP contribution in [0.25, 0.3) is 0 Å². The van der Waals surface area contributed by atoms with Crippen LogP contribution in [0.2, 0.25) is 0 Å². The number of aldehydes is 1. The van der Waals surface area contributed by atoms with Crippen LogP contribution in [0.5, 0.6) is 0 Å². The first-order valence-corrected chi connectivity index (χ1v) is 4.60. The Morgan fingerprint density at radius 2 is 2.29 bits per heavy atom. The van der Waals surface area contributed by atoms with Crippen molar-refractivity contribution in [3.05, 3.63) is 35.1 Å². The molecule has 1 unspecified atom stereocenters. The average Bonchev–Trinajstić information content (AvgIpc) is 2.18. The molecule has 0 saturated heterocycles. The molecule has 0 aromatic heterocycles. The van der Waals surface area contributed by atoms with Gasteiger partial charge in [-0.05, 0) is 30.0 Å². The van der Waals surface area contributed by atoms with Crippen LogP contribution in [0.1, 0.15) is 17.5 Å². The molecule has 14 heavy (non-hydrogen) atoms. The molecule has 0 radical (unpaired) electrons. The van der Waals surface area contributed by atoms with Gasteiger partial charge in [0.1, 0.15) is 11.4 Å². The topological polar surface area (TPSA) is 37.3 Å². The van der Waals surface area contributed by atoms with Gasteiger partial charge >= 0.3 is 0 Å². The summed E-state index contributed by atoms with van der Waals surface area (Å²) in [6, 6.07) is 4.76. The van der Waals surface area contributed by atoms with Crippen molar-refractivity contribution in [1.82, 2.24) is 0 Å². The Hall–Kier alpha value is -1.22. The molecule has 2 nitrogen and oxygen atoms in total. The Balaban J connectivity index is 2.41. The zero-order valence-corrected chi connectivity index (χ0v) is 7.66. The van der Waals surface area contributed by atoms with E-state index in [1.165, 1.54) is 6.07 Å². The number of aliphatic hydroxyl groups is 1. The summed E-state index contributed by atoms with van der Waals surface area (Å²) in [5, 5.41) is 9.73. The minimum atomic E-state index is -1.29. The normalized spacial score (nSPS) is 25.6. The van der Waals surface area contributed by atoms with Crippen LogP contribution in [0.3, 0.4) is 0 Å². The number of benzene rings is 1. The molecule has 1 aliphatic rings. The summed E-state index contributed by atoms with van der Waals surface area (Å²) in [6.07, 6.45) is 1.52. The number of fused-ring (bicyclic) bond motifs is 1. The molecule has 0 fully saturated rings. The number of halogens is 1. The lowest BCUT2D eigenvalue weighted by atomic mass is 9.81. The highest BCUT2D eigenvalue weighted by Crippen LogP contribution is 2.28. The van der Waals surface area contributed by atoms with Crippen molar-refractivity contribution in [3.63, 3.8) is 0 Å². The van der Waals surface area contributed by atoms with Gasteiger partial charge in [0.25, 0.3) is 0 Å². The van der Waals surface area contributed by atoms with Crippen molar-refractivity contribution >= 4 is 6.29 Å². The maximum atomic E-state index is 13.3. The van der Waals surface area contributed by atoms with E-state index in [4.69, 9.17) is 0 Å². The summed E-state index contributed by atoms with van der Waals surface area (Å²) >= 11 is 0. The molecule has 0 heterocycles. The molecule has 3 heteroatoms. The molecule has 0 amide bonds. The van der Waals surface area contributed by atoms with Crippen molar-refractivity contribution in [2.24, 2.45) is 0 Å². The van der Waals surface area contributed by atoms with Crippen LogP contribution >= 0.6 is 0 Å². The number of carbonyl (C=O) groups excluding carboxylic acids is 1. The van der Waals surface area contributed by atoms with E-state index in [0.29, 0.717) is 24.7 Å². The van der Waals surface area contributed by atoms with Crippen LogP contribution in [0.15, 0.2) is 18.2 Å². The molecular formula is C11H11FO2. The van der Waals surface area contributed by atoms with E-state index in [1.807, 2.05) is 0 Å². The third-order valence-electron chi connectivity index (χ3n) is 2.74. The number of carbonyl (C=O) groups is 1. The maximum Gasteiger partial charge on any atom is 0.151 e. The van der Waals surface area contributed by atoms with Crippen molar-refractivity contribution in [2.45, 2.75) is 24.9 Å². The molecule has 0 aliphatic heterocycles. The Bertz CT molecular complexity index is 376. The van der Waals surface area contributed by atoms with Crippen LogP contribution in [0, 0.1) is 5.82 Å². The first-order chi connectivity index (χ1) is 6.64. The standard InChI is InChI=1S/C11H11FO2/c12-10-3-1-2-8-6-11(14,7-13)5-4-9(8)10/h1-3,7,14H,4-6H2. The molecule has 0 bridgehead atoms. The molecule has 1 N–H and O–H groups in total. The lowest BCUT2D eigenvalue weighted by Crippen LogP contribution is -2.37. The molecule has 1 atom stereocenters. The third kappa shape index (κ3) is 1.44. The number of rotatable bonds is 1. The summed E-state index contributed by atoms with van der Waals surface area (Å²) in [4.78, 5) is 10.6. The maximum absolute atomic E-state index is 13.3. The van der Waals surface area contributed by atoms with Gasteiger partial charge in [-0.1, -0.05) is 12.1 Å². The first-order valence-electron chi connectivity index (χ1n) is 4.60. The summed E-state index contributed by atoms with van der Waals surface area (Å²) in [7, 11) is 0. The zero-order chi connectivity index (χ0) is 10.2. The number of hydrogen-bond acceptors (Lipinski definition) is 2. The SMILES string of the molecule is O=CC1(O)CCc2c(F)cccc2C1. The van der Waals surface area contributed by atoms with Crippen molar-refractivity contribution in [1.29, 1.82) is 0 Å². The van der Waals surface area contributed by atoms with Gasteiger partial charge in [0.05, 0.1) is 0 Å². The van der Waals surface area contributed by atoms with E-state index < -0.39 is 5.60 Å². The quantitative estimate of drug-likeness (QED) is 0.683. The number of hydrogen-bond donors (Lipinski definition) is 1. The Labute approximate surface area is 81.4 Å². The molecule has 1 aliphatic carbocycles. The summed E-state index contributed by atoms with van der Waals surface area (Å²) < 4.78 is 13.3. The lowest BCUT2D eigenvalue weighted by Gasteiger charge is -2.28. The molecule has 0 spiro atoms. The Morgan fingerprint density at radius 3 is 3.00 bits per heavy atom. The van der Waals surface area contributed by atoms with Crippen molar-refractivity contribution in [2.75, 3.05) is 0 Å². The van der Waals surface area contributed by atoms with Gasteiger partial charge in [-0.25, -0.2) is 4.39 Å². The van der Waals surface area contributed by atoms with E-state index in [-0.39, 0.29) is 12.2 Å². The summed E-state index contributed by atoms with van der Waals surface area (Å²) in [5.74, 6) is -0.240. The van der Waals surface area contributed by atoms with Gasteiger partial charge in [-0.3, -0.25) is 0 Å². The monoisotopic (exact) mass is 194 g/mol.